The average molecular weight is 270 g/mol. The molecule has 6 nitrogen and oxygen atoms in total. The van der Waals surface area contributed by atoms with E-state index in [1.54, 1.807) is 10.9 Å². The molecule has 0 fully saturated rings. The van der Waals surface area contributed by atoms with Gasteiger partial charge in [0, 0.05) is 23.5 Å². The lowest BCUT2D eigenvalue weighted by Gasteiger charge is -2.23. The summed E-state index contributed by atoms with van der Waals surface area (Å²) in [4.78, 5) is 16.4. The lowest BCUT2D eigenvalue weighted by molar-refractivity contribution is 0.0861. The molecular weight excluding hydrogens is 256 g/mol. The third kappa shape index (κ3) is 1.51. The van der Waals surface area contributed by atoms with Gasteiger partial charge in [-0.25, -0.2) is 0 Å². The van der Waals surface area contributed by atoms with Crippen LogP contribution in [0.5, 0.6) is 0 Å². The summed E-state index contributed by atoms with van der Waals surface area (Å²) in [7, 11) is 0. The van der Waals surface area contributed by atoms with E-state index in [-0.39, 0.29) is 18.6 Å². The fraction of sp³-hybridized carbons (Fsp3) is 0.357. The number of carbonyl (C=O) groups excluding carboxylic acids is 1. The van der Waals surface area contributed by atoms with E-state index >= 15 is 0 Å². The Morgan fingerprint density at radius 1 is 1.45 bits per heavy atom. The minimum absolute atomic E-state index is 0.0732. The highest BCUT2D eigenvalue weighted by Gasteiger charge is 2.32. The Morgan fingerprint density at radius 3 is 3.20 bits per heavy atom. The van der Waals surface area contributed by atoms with Crippen molar-refractivity contribution >= 4 is 5.91 Å². The topological polar surface area (TPSA) is 80.0 Å². The van der Waals surface area contributed by atoms with E-state index in [9.17, 15) is 9.90 Å². The first-order valence-electron chi connectivity index (χ1n) is 6.72. The van der Waals surface area contributed by atoms with E-state index in [0.29, 0.717) is 12.2 Å². The standard InChI is InChI=1S/C14H14N4O2/c19-7-9-6-18-13(14(20)16-9)11-2-1-8-5-15-4-3-10(8)12(11)17-18/h3-5,9,19H,1-2,6-7H2,(H,16,20). The summed E-state index contributed by atoms with van der Waals surface area (Å²) in [6, 6.07) is 1.70. The first kappa shape index (κ1) is 11.6. The lowest BCUT2D eigenvalue weighted by Crippen LogP contribution is -2.46. The van der Waals surface area contributed by atoms with Gasteiger partial charge < -0.3 is 10.4 Å². The third-order valence-electron chi connectivity index (χ3n) is 4.02. The van der Waals surface area contributed by atoms with Gasteiger partial charge in [0.25, 0.3) is 5.91 Å². The number of carbonyl (C=O) groups is 1. The number of hydrogen-bond donors (Lipinski definition) is 2. The van der Waals surface area contributed by atoms with Gasteiger partial charge in [-0.15, -0.1) is 0 Å². The van der Waals surface area contributed by atoms with Crippen molar-refractivity contribution in [3.63, 3.8) is 0 Å². The summed E-state index contributed by atoms with van der Waals surface area (Å²) in [5.74, 6) is -0.137. The van der Waals surface area contributed by atoms with Gasteiger partial charge >= 0.3 is 0 Å². The van der Waals surface area contributed by atoms with Crippen molar-refractivity contribution in [1.29, 1.82) is 0 Å². The van der Waals surface area contributed by atoms with Crippen LogP contribution in [0.2, 0.25) is 0 Å². The first-order chi connectivity index (χ1) is 9.78. The van der Waals surface area contributed by atoms with Crippen LogP contribution in [0.1, 0.15) is 21.6 Å². The van der Waals surface area contributed by atoms with Gasteiger partial charge in [0.05, 0.1) is 24.9 Å². The number of nitrogens with one attached hydrogen (secondary N) is 1. The van der Waals surface area contributed by atoms with E-state index in [1.807, 2.05) is 12.3 Å². The number of hydrogen-bond acceptors (Lipinski definition) is 4. The molecule has 0 saturated carbocycles. The van der Waals surface area contributed by atoms with Crippen molar-refractivity contribution in [2.75, 3.05) is 6.61 Å². The van der Waals surface area contributed by atoms with Crippen LogP contribution in [-0.2, 0) is 19.4 Å². The fourth-order valence-corrected chi connectivity index (χ4v) is 3.07. The second-order valence-electron chi connectivity index (χ2n) is 5.24. The third-order valence-corrected chi connectivity index (χ3v) is 4.02. The van der Waals surface area contributed by atoms with Gasteiger partial charge in [-0.2, -0.15) is 5.10 Å². The molecule has 1 amide bonds. The molecule has 0 bridgehead atoms. The van der Waals surface area contributed by atoms with Crippen LogP contribution in [0.15, 0.2) is 18.5 Å². The highest BCUT2D eigenvalue weighted by atomic mass is 16.3. The predicted octanol–water partition coefficient (Wildman–Crippen LogP) is 0.148. The summed E-state index contributed by atoms with van der Waals surface area (Å²) in [6.07, 6.45) is 5.31. The Bertz CT molecular complexity index is 707. The number of amides is 1. The molecule has 20 heavy (non-hydrogen) atoms. The maximum absolute atomic E-state index is 12.2. The Morgan fingerprint density at radius 2 is 2.35 bits per heavy atom. The monoisotopic (exact) mass is 270 g/mol. The second-order valence-corrected chi connectivity index (χ2v) is 5.24. The molecule has 1 aliphatic carbocycles. The Labute approximate surface area is 115 Å². The molecule has 2 aromatic heterocycles. The number of pyridine rings is 1. The average Bonchev–Trinajstić information content (AvgIpc) is 2.86. The maximum Gasteiger partial charge on any atom is 0.270 e. The normalized spacial score (nSPS) is 19.9. The van der Waals surface area contributed by atoms with E-state index in [4.69, 9.17) is 0 Å². The van der Waals surface area contributed by atoms with Crippen LogP contribution in [0.4, 0.5) is 0 Å². The molecule has 1 aliphatic heterocycles. The van der Waals surface area contributed by atoms with Crippen molar-refractivity contribution in [3.05, 3.63) is 35.3 Å². The van der Waals surface area contributed by atoms with Crippen molar-refractivity contribution in [2.24, 2.45) is 0 Å². The van der Waals surface area contributed by atoms with E-state index in [1.165, 1.54) is 5.56 Å². The van der Waals surface area contributed by atoms with Crippen LogP contribution in [-0.4, -0.2) is 38.4 Å². The molecule has 2 N–H and O–H groups in total. The zero-order chi connectivity index (χ0) is 13.7. The van der Waals surface area contributed by atoms with E-state index < -0.39 is 0 Å². The van der Waals surface area contributed by atoms with Crippen LogP contribution < -0.4 is 5.32 Å². The van der Waals surface area contributed by atoms with Gasteiger partial charge in [0.2, 0.25) is 0 Å². The van der Waals surface area contributed by atoms with Crippen molar-refractivity contribution in [3.8, 4) is 11.3 Å². The highest BCUT2D eigenvalue weighted by molar-refractivity contribution is 5.97. The number of aromatic nitrogens is 3. The molecule has 3 heterocycles. The Hall–Kier alpha value is -2.21. The fourth-order valence-electron chi connectivity index (χ4n) is 3.07. The summed E-state index contributed by atoms with van der Waals surface area (Å²) in [6.45, 7) is 0.446. The first-order valence-corrected chi connectivity index (χ1v) is 6.72. The van der Waals surface area contributed by atoms with Gasteiger partial charge in [-0.05, 0) is 24.5 Å². The largest absolute Gasteiger partial charge is 0.394 e. The molecule has 0 spiro atoms. The molecule has 2 aromatic rings. The van der Waals surface area contributed by atoms with Gasteiger partial charge in [0.15, 0.2) is 0 Å². The number of aliphatic hydroxyl groups is 1. The van der Waals surface area contributed by atoms with Crippen LogP contribution >= 0.6 is 0 Å². The van der Waals surface area contributed by atoms with Gasteiger partial charge in [0.1, 0.15) is 5.69 Å². The molecule has 0 aromatic carbocycles. The van der Waals surface area contributed by atoms with Crippen LogP contribution in [0, 0.1) is 0 Å². The zero-order valence-electron chi connectivity index (χ0n) is 10.8. The molecule has 2 aliphatic rings. The number of rotatable bonds is 1. The molecular formula is C14H14N4O2. The molecule has 6 heteroatoms. The van der Waals surface area contributed by atoms with E-state index in [0.717, 1.165) is 29.7 Å². The minimum atomic E-state index is -0.256. The highest BCUT2D eigenvalue weighted by Crippen LogP contribution is 2.34. The SMILES string of the molecule is O=C1NC(CO)Cn2nc3c(c21)CCc1cnccc1-3. The van der Waals surface area contributed by atoms with Crippen molar-refractivity contribution in [1.82, 2.24) is 20.1 Å². The number of aliphatic hydroxyl groups excluding tert-OH is 1. The second kappa shape index (κ2) is 4.14. The number of aryl methyl sites for hydroxylation is 1. The summed E-state index contributed by atoms with van der Waals surface area (Å²) in [5, 5.41) is 16.6. The van der Waals surface area contributed by atoms with Gasteiger partial charge in [-0.3, -0.25) is 14.5 Å². The van der Waals surface area contributed by atoms with E-state index in [2.05, 4.69) is 15.4 Å². The predicted molar refractivity (Wildman–Crippen MR) is 71.2 cm³/mol. The van der Waals surface area contributed by atoms with Crippen molar-refractivity contribution in [2.45, 2.75) is 25.4 Å². The molecule has 4 rings (SSSR count). The Kier molecular flexibility index (Phi) is 2.40. The van der Waals surface area contributed by atoms with Crippen molar-refractivity contribution < 1.29 is 9.90 Å². The Balaban J connectivity index is 1.89. The summed E-state index contributed by atoms with van der Waals surface area (Å²) >= 11 is 0. The smallest absolute Gasteiger partial charge is 0.270 e. The molecule has 102 valence electrons. The maximum atomic E-state index is 12.2. The number of fused-ring (bicyclic) bond motifs is 5. The quantitative estimate of drug-likeness (QED) is 0.773. The summed E-state index contributed by atoms with van der Waals surface area (Å²) in [5.41, 5.74) is 4.79. The zero-order valence-corrected chi connectivity index (χ0v) is 10.8. The number of nitrogens with zero attached hydrogens (tertiary/aromatic N) is 3. The minimum Gasteiger partial charge on any atom is -0.394 e. The van der Waals surface area contributed by atoms with Crippen LogP contribution in [0.3, 0.4) is 0 Å². The van der Waals surface area contributed by atoms with Crippen LogP contribution in [0.25, 0.3) is 11.3 Å². The lowest BCUT2D eigenvalue weighted by atomic mass is 9.90. The molecule has 0 saturated heterocycles. The van der Waals surface area contributed by atoms with Gasteiger partial charge in [-0.1, -0.05) is 0 Å². The molecule has 1 unspecified atom stereocenters. The summed E-state index contributed by atoms with van der Waals surface area (Å²) < 4.78 is 1.74. The molecule has 1 atom stereocenters. The molecule has 0 radical (unpaired) electrons.